The van der Waals surface area contributed by atoms with Crippen LogP contribution in [0.25, 0.3) is 22.3 Å². The first-order valence-electron chi connectivity index (χ1n) is 9.59. The lowest BCUT2D eigenvalue weighted by Crippen LogP contribution is -2.69. The molecule has 8 N–H and O–H groups in total. The molecule has 1 aliphatic rings. The maximum absolute atomic E-state index is 12.6. The van der Waals surface area contributed by atoms with E-state index in [9.17, 15) is 45.3 Å². The fraction of sp³-hybridized carbons (Fsp3) is 0.238. The molecule has 13 nitrogen and oxygen atoms in total. The summed E-state index contributed by atoms with van der Waals surface area (Å²) in [6, 6.07) is 7.53. The monoisotopic (exact) mass is 478 g/mol. The van der Waals surface area contributed by atoms with Gasteiger partial charge in [-0.2, -0.15) is 0 Å². The fourth-order valence-electron chi connectivity index (χ4n) is 3.43. The molecule has 2 aromatic carbocycles. The van der Waals surface area contributed by atoms with E-state index in [0.717, 1.165) is 12.1 Å². The van der Waals surface area contributed by atoms with Gasteiger partial charge in [0.25, 0.3) is 0 Å². The number of carboxylic acid groups (broad SMARTS) is 1. The average Bonchev–Trinajstić information content (AvgIpc) is 2.77. The number of phenols is 3. The second-order valence-corrected chi connectivity index (χ2v) is 7.52. The summed E-state index contributed by atoms with van der Waals surface area (Å²) in [4.78, 5) is 23.8. The van der Waals surface area contributed by atoms with Crippen molar-refractivity contribution in [3.8, 4) is 34.3 Å². The molecule has 13 heteroatoms. The van der Waals surface area contributed by atoms with Gasteiger partial charge in [0.05, 0.1) is 0 Å². The van der Waals surface area contributed by atoms with Crippen LogP contribution in [-0.2, 0) is 9.53 Å². The molecule has 3 aromatic rings. The summed E-state index contributed by atoms with van der Waals surface area (Å²) in [7, 11) is 0. The lowest BCUT2D eigenvalue weighted by atomic mass is 9.95. The number of aliphatic hydroxyl groups is 4. The number of rotatable bonds is 4. The Hall–Kier alpha value is -3.88. The van der Waals surface area contributed by atoms with Crippen LogP contribution in [0.4, 0.5) is 0 Å². The molecule has 0 aliphatic carbocycles. The van der Waals surface area contributed by atoms with Crippen LogP contribution in [-0.4, -0.2) is 77.2 Å². The minimum absolute atomic E-state index is 0.0151. The molecule has 4 atom stereocenters. The highest BCUT2D eigenvalue weighted by Crippen LogP contribution is 2.43. The zero-order chi connectivity index (χ0) is 24.9. The Bertz CT molecular complexity index is 1310. The van der Waals surface area contributed by atoms with Crippen molar-refractivity contribution in [3.63, 3.8) is 0 Å². The van der Waals surface area contributed by atoms with Crippen LogP contribution in [0.15, 0.2) is 45.6 Å². The smallest absolute Gasteiger partial charge is 0.335 e. The summed E-state index contributed by atoms with van der Waals surface area (Å²) in [6.45, 7) is 0. The van der Waals surface area contributed by atoms with Crippen LogP contribution >= 0.6 is 0 Å². The molecule has 0 unspecified atom stereocenters. The Morgan fingerprint density at radius 1 is 0.971 bits per heavy atom. The molecule has 1 aliphatic heterocycles. The third-order valence-electron chi connectivity index (χ3n) is 5.27. The number of hydrogen-bond donors (Lipinski definition) is 8. The molecular formula is C21H18O13. The topological polar surface area (TPSA) is 228 Å². The van der Waals surface area contributed by atoms with Gasteiger partial charge in [0, 0.05) is 17.7 Å². The molecule has 1 fully saturated rings. The minimum Gasteiger partial charge on any atom is -0.508 e. The highest BCUT2D eigenvalue weighted by molar-refractivity contribution is 5.89. The number of benzene rings is 2. The van der Waals surface area contributed by atoms with Crippen LogP contribution < -0.4 is 10.2 Å². The van der Waals surface area contributed by atoms with E-state index >= 15 is 0 Å². The summed E-state index contributed by atoms with van der Waals surface area (Å²) in [5.41, 5.74) is -0.682. The molecule has 1 saturated heterocycles. The summed E-state index contributed by atoms with van der Waals surface area (Å²) < 4.78 is 15.7. The van der Waals surface area contributed by atoms with Gasteiger partial charge in [-0.25, -0.2) is 4.79 Å². The van der Waals surface area contributed by atoms with Gasteiger partial charge >= 0.3 is 5.97 Å². The van der Waals surface area contributed by atoms with Gasteiger partial charge < -0.3 is 54.7 Å². The van der Waals surface area contributed by atoms with Crippen molar-refractivity contribution >= 4 is 16.9 Å². The van der Waals surface area contributed by atoms with Gasteiger partial charge in [0.1, 0.15) is 28.6 Å². The fourth-order valence-corrected chi connectivity index (χ4v) is 3.43. The van der Waals surface area contributed by atoms with Crippen LogP contribution in [0, 0.1) is 0 Å². The van der Waals surface area contributed by atoms with Gasteiger partial charge in [-0.15, -0.1) is 0 Å². The molecule has 180 valence electrons. The Kier molecular flexibility index (Phi) is 5.59. The number of carbonyl (C=O) groups is 1. The van der Waals surface area contributed by atoms with E-state index in [1.54, 1.807) is 0 Å². The van der Waals surface area contributed by atoms with Crippen LogP contribution in [0.5, 0.6) is 23.0 Å². The third kappa shape index (κ3) is 3.76. The van der Waals surface area contributed by atoms with Crippen molar-refractivity contribution in [2.24, 2.45) is 0 Å². The van der Waals surface area contributed by atoms with E-state index in [2.05, 4.69) is 0 Å². The number of fused-ring (bicyclic) bond motifs is 1. The zero-order valence-corrected chi connectivity index (χ0v) is 16.9. The second kappa shape index (κ2) is 8.16. The third-order valence-corrected chi connectivity index (χ3v) is 5.27. The molecule has 0 spiro atoms. The van der Waals surface area contributed by atoms with Crippen molar-refractivity contribution < 1.29 is 59.5 Å². The summed E-state index contributed by atoms with van der Waals surface area (Å²) in [6.07, 6.45) is -9.28. The molecule has 0 radical (unpaired) electrons. The second-order valence-electron chi connectivity index (χ2n) is 7.52. The van der Waals surface area contributed by atoms with E-state index in [4.69, 9.17) is 19.0 Å². The Morgan fingerprint density at radius 3 is 2.24 bits per heavy atom. The molecule has 0 saturated carbocycles. The normalized spacial score (nSPS) is 24.1. The molecule has 34 heavy (non-hydrogen) atoms. The lowest BCUT2D eigenvalue weighted by Gasteiger charge is -2.43. The number of hydrogen-bond acceptors (Lipinski definition) is 12. The Labute approximate surface area is 188 Å². The number of aliphatic hydroxyl groups excluding tert-OH is 2. The van der Waals surface area contributed by atoms with Crippen molar-refractivity contribution in [2.45, 2.75) is 30.4 Å². The van der Waals surface area contributed by atoms with Gasteiger partial charge in [0.15, 0.2) is 29.1 Å². The number of ether oxygens (including phenoxy) is 2. The number of carboxylic acids is 1. The first kappa shape index (κ1) is 23.3. The summed E-state index contributed by atoms with van der Waals surface area (Å²) in [5, 5.41) is 78.5. The first-order chi connectivity index (χ1) is 15.9. The zero-order valence-electron chi connectivity index (χ0n) is 16.9. The maximum atomic E-state index is 12.6. The van der Waals surface area contributed by atoms with Gasteiger partial charge in [-0.1, -0.05) is 0 Å². The molecular weight excluding hydrogens is 460 g/mol. The quantitative estimate of drug-likeness (QED) is 0.169. The lowest BCUT2D eigenvalue weighted by molar-refractivity contribution is -0.369. The highest BCUT2D eigenvalue weighted by atomic mass is 16.7. The van der Waals surface area contributed by atoms with Crippen LogP contribution in [0.3, 0.4) is 0 Å². The predicted molar refractivity (Wildman–Crippen MR) is 109 cm³/mol. The summed E-state index contributed by atoms with van der Waals surface area (Å²) >= 11 is 0. The van der Waals surface area contributed by atoms with Crippen LogP contribution in [0.1, 0.15) is 0 Å². The van der Waals surface area contributed by atoms with Crippen molar-refractivity contribution in [2.75, 3.05) is 0 Å². The van der Waals surface area contributed by atoms with E-state index in [1.165, 1.54) is 24.3 Å². The standard InChI is InChI=1S/C21H18O13/c22-8-3-1-7(2-4-8)10-5-9(23)13-11(32-10)6-12(14(24)15(13)25)33-20-18(27)21(30,31)17(26)16(34-20)19(28)29/h1-6,16-18,20,22,24-27,30-31H,(H,28,29)/t16-,17-,18+,20+/m0/s1. The number of phenolic OH excluding ortho intramolecular Hbond substituents is 3. The number of aliphatic carboxylic acids is 1. The average molecular weight is 478 g/mol. The Balaban J connectivity index is 1.78. The molecule has 2 heterocycles. The van der Waals surface area contributed by atoms with E-state index in [-0.39, 0.29) is 17.1 Å². The van der Waals surface area contributed by atoms with Crippen molar-refractivity contribution in [1.29, 1.82) is 0 Å². The van der Waals surface area contributed by atoms with Crippen molar-refractivity contribution in [1.82, 2.24) is 0 Å². The maximum Gasteiger partial charge on any atom is 0.335 e. The molecule has 0 bridgehead atoms. The van der Waals surface area contributed by atoms with Crippen LogP contribution in [0.2, 0.25) is 0 Å². The van der Waals surface area contributed by atoms with E-state index < -0.39 is 64.4 Å². The summed E-state index contributed by atoms with van der Waals surface area (Å²) in [5.74, 6) is -7.89. The van der Waals surface area contributed by atoms with Gasteiger partial charge in [0.2, 0.25) is 17.8 Å². The van der Waals surface area contributed by atoms with Gasteiger partial charge in [-0.05, 0) is 24.3 Å². The van der Waals surface area contributed by atoms with Crippen molar-refractivity contribution in [3.05, 3.63) is 46.6 Å². The van der Waals surface area contributed by atoms with E-state index in [0.29, 0.717) is 5.56 Å². The Morgan fingerprint density at radius 2 is 1.62 bits per heavy atom. The van der Waals surface area contributed by atoms with Gasteiger partial charge in [-0.3, -0.25) is 4.79 Å². The molecule has 4 rings (SSSR count). The highest BCUT2D eigenvalue weighted by Gasteiger charge is 2.58. The minimum atomic E-state index is -3.38. The number of aromatic hydroxyl groups is 3. The predicted octanol–water partition coefficient (Wildman–Crippen LogP) is -0.832. The van der Waals surface area contributed by atoms with E-state index in [1.807, 2.05) is 0 Å². The molecule has 1 aromatic heterocycles. The SMILES string of the molecule is O=C(O)[C@H]1O[C@@H](Oc2cc3oc(-c4ccc(O)cc4)cc(=O)c3c(O)c2O)[C@@H](O)C(O)(O)[C@H]1O. The largest absolute Gasteiger partial charge is 0.508 e. The molecule has 0 amide bonds. The first-order valence-corrected chi connectivity index (χ1v) is 9.59.